The number of sulfonamides is 1. The second-order valence-electron chi connectivity index (χ2n) is 9.43. The first kappa shape index (κ1) is 25.9. The molecule has 1 saturated carbocycles. The van der Waals surface area contributed by atoms with Crippen LogP contribution in [0.4, 0.5) is 11.8 Å². The zero-order valence-corrected chi connectivity index (χ0v) is 21.9. The minimum Gasteiger partial charge on any atom is -0.465 e. The van der Waals surface area contributed by atoms with Crippen molar-refractivity contribution in [1.29, 1.82) is 0 Å². The third kappa shape index (κ3) is 5.79. The van der Waals surface area contributed by atoms with Crippen LogP contribution >= 0.6 is 0 Å². The van der Waals surface area contributed by atoms with Gasteiger partial charge in [0, 0.05) is 38.6 Å². The lowest BCUT2D eigenvalue weighted by molar-refractivity contribution is 0.0598. The van der Waals surface area contributed by atoms with Gasteiger partial charge in [-0.2, -0.15) is 4.98 Å². The third-order valence-electron chi connectivity index (χ3n) is 6.65. The van der Waals surface area contributed by atoms with Gasteiger partial charge in [0.1, 0.15) is 17.1 Å². The Bertz CT molecular complexity index is 1330. The van der Waals surface area contributed by atoms with Crippen molar-refractivity contribution in [3.63, 3.8) is 0 Å². The molecule has 0 atom stereocenters. The Labute approximate surface area is 211 Å². The monoisotopic (exact) mass is 515 g/mol. The fourth-order valence-electron chi connectivity index (χ4n) is 4.55. The quantitative estimate of drug-likeness (QED) is 0.411. The van der Waals surface area contributed by atoms with Crippen molar-refractivity contribution in [3.8, 4) is 0 Å². The van der Waals surface area contributed by atoms with Gasteiger partial charge in [0.2, 0.25) is 11.0 Å². The van der Waals surface area contributed by atoms with Gasteiger partial charge in [-0.3, -0.25) is 0 Å². The Kier molecular flexibility index (Phi) is 7.79. The van der Waals surface area contributed by atoms with Gasteiger partial charge in [0.15, 0.2) is 0 Å². The van der Waals surface area contributed by atoms with Crippen LogP contribution in [0.25, 0.3) is 10.9 Å². The smallest absolute Gasteiger partial charge is 0.341 e. The van der Waals surface area contributed by atoms with Crippen LogP contribution in [-0.2, 0) is 14.8 Å². The van der Waals surface area contributed by atoms with Crippen molar-refractivity contribution in [2.24, 2.45) is 11.8 Å². The number of para-hydroxylation sites is 1. The van der Waals surface area contributed by atoms with Crippen LogP contribution in [0.1, 0.15) is 41.8 Å². The maximum atomic E-state index is 12.7. The number of carbonyl (C=O) groups excluding carboxylic acids is 1. The minimum absolute atomic E-state index is 0.110. The second kappa shape index (κ2) is 10.8. The van der Waals surface area contributed by atoms with Crippen LogP contribution in [0.5, 0.6) is 0 Å². The number of rotatable bonds is 9. The van der Waals surface area contributed by atoms with Crippen molar-refractivity contribution in [3.05, 3.63) is 41.7 Å². The number of aromatic nitrogens is 2. The summed E-state index contributed by atoms with van der Waals surface area (Å²) in [4.78, 5) is 23.1. The van der Waals surface area contributed by atoms with Gasteiger partial charge in [-0.1, -0.05) is 12.1 Å². The van der Waals surface area contributed by atoms with Crippen molar-refractivity contribution >= 4 is 38.7 Å². The van der Waals surface area contributed by atoms with E-state index in [1.165, 1.54) is 20.1 Å². The van der Waals surface area contributed by atoms with Gasteiger partial charge >= 0.3 is 5.97 Å². The van der Waals surface area contributed by atoms with E-state index in [-0.39, 0.29) is 22.3 Å². The van der Waals surface area contributed by atoms with E-state index in [9.17, 15) is 13.2 Å². The molecular formula is C25H33N5O5S. The van der Waals surface area contributed by atoms with Gasteiger partial charge in [0.25, 0.3) is 10.0 Å². The van der Waals surface area contributed by atoms with E-state index in [0.717, 1.165) is 48.9 Å². The second-order valence-corrected chi connectivity index (χ2v) is 11.1. The van der Waals surface area contributed by atoms with Crippen LogP contribution < -0.4 is 14.9 Å². The van der Waals surface area contributed by atoms with E-state index in [4.69, 9.17) is 9.40 Å². The summed E-state index contributed by atoms with van der Waals surface area (Å²) in [6.07, 6.45) is 3.81. The number of hydrogen-bond acceptors (Lipinski definition) is 9. The average Bonchev–Trinajstić information content (AvgIpc) is 3.28. The van der Waals surface area contributed by atoms with Gasteiger partial charge in [-0.05, 0) is 56.6 Å². The molecule has 1 aliphatic carbocycles. The number of nitrogens with one attached hydrogen (secondary N) is 2. The van der Waals surface area contributed by atoms with E-state index in [2.05, 4.69) is 19.8 Å². The minimum atomic E-state index is -3.85. The predicted octanol–water partition coefficient (Wildman–Crippen LogP) is 3.58. The molecule has 2 N–H and O–H groups in total. The number of fused-ring (bicyclic) bond motifs is 1. The highest BCUT2D eigenvalue weighted by Crippen LogP contribution is 2.30. The standard InChI is InChI=1S/C25H33N5O5S/c1-16-20(24(31)34-4)13-22(35-16)36(32,33)27-15-18-11-9-17(10-12-18)14-26-25-28-21-8-6-5-7-19(21)23(29-25)30(2)3/h5-8,13,17-18,27H,9-12,14-15H2,1-4H3,(H,26,28,29)/t17-,18-. The number of anilines is 2. The lowest BCUT2D eigenvalue weighted by Crippen LogP contribution is -2.32. The molecule has 10 nitrogen and oxygen atoms in total. The fourth-order valence-corrected chi connectivity index (χ4v) is 5.66. The molecule has 0 aliphatic heterocycles. The van der Waals surface area contributed by atoms with Crippen molar-refractivity contribution in [2.75, 3.05) is 44.5 Å². The Morgan fingerprint density at radius 2 is 1.78 bits per heavy atom. The first-order valence-electron chi connectivity index (χ1n) is 12.0. The molecule has 0 radical (unpaired) electrons. The first-order valence-corrected chi connectivity index (χ1v) is 13.5. The number of ether oxygens (including phenoxy) is 1. The Hall–Kier alpha value is -3.18. The number of furan rings is 1. The number of nitrogens with zero attached hydrogens (tertiary/aromatic N) is 3. The molecule has 1 aliphatic rings. The molecule has 0 unspecified atom stereocenters. The van der Waals surface area contributed by atoms with Crippen LogP contribution in [0.15, 0.2) is 39.8 Å². The van der Waals surface area contributed by atoms with E-state index in [1.54, 1.807) is 0 Å². The largest absolute Gasteiger partial charge is 0.465 e. The number of hydrogen-bond donors (Lipinski definition) is 2. The SMILES string of the molecule is COC(=O)c1cc(S(=O)(=O)NC[C@H]2CC[C@H](CNc3nc(N(C)C)c4ccccc4n3)CC2)oc1C. The number of carbonyl (C=O) groups is 1. The van der Waals surface area contributed by atoms with Crippen LogP contribution in [-0.4, -0.2) is 58.6 Å². The first-order chi connectivity index (χ1) is 17.2. The molecule has 1 fully saturated rings. The summed E-state index contributed by atoms with van der Waals surface area (Å²) in [5, 5.41) is 4.15. The van der Waals surface area contributed by atoms with Gasteiger partial charge in [0.05, 0.1) is 12.6 Å². The molecule has 0 spiro atoms. The fraction of sp³-hybridized carbons (Fsp3) is 0.480. The van der Waals surface area contributed by atoms with Gasteiger partial charge in [-0.15, -0.1) is 0 Å². The maximum Gasteiger partial charge on any atom is 0.341 e. The zero-order valence-electron chi connectivity index (χ0n) is 21.1. The van der Waals surface area contributed by atoms with E-state index < -0.39 is 16.0 Å². The Balaban J connectivity index is 1.28. The third-order valence-corrected chi connectivity index (χ3v) is 7.93. The molecule has 2 heterocycles. The summed E-state index contributed by atoms with van der Waals surface area (Å²) in [6, 6.07) is 9.18. The topological polar surface area (TPSA) is 127 Å². The maximum absolute atomic E-state index is 12.7. The highest BCUT2D eigenvalue weighted by Gasteiger charge is 2.27. The Morgan fingerprint density at radius 3 is 2.44 bits per heavy atom. The van der Waals surface area contributed by atoms with Gasteiger partial charge < -0.3 is 19.4 Å². The van der Waals surface area contributed by atoms with Crippen molar-refractivity contribution < 1.29 is 22.4 Å². The summed E-state index contributed by atoms with van der Waals surface area (Å²) in [5.74, 6) is 1.78. The number of benzene rings is 1. The number of aryl methyl sites for hydroxylation is 1. The van der Waals surface area contributed by atoms with Crippen LogP contribution in [0, 0.1) is 18.8 Å². The van der Waals surface area contributed by atoms with Crippen LogP contribution in [0.3, 0.4) is 0 Å². The number of methoxy groups -OCH3 is 1. The number of esters is 1. The molecule has 36 heavy (non-hydrogen) atoms. The molecule has 2 aromatic heterocycles. The summed E-state index contributed by atoms with van der Waals surface area (Å²) >= 11 is 0. The zero-order chi connectivity index (χ0) is 25.9. The summed E-state index contributed by atoms with van der Waals surface area (Å²) < 4.78 is 37.9. The molecule has 0 amide bonds. The highest BCUT2D eigenvalue weighted by molar-refractivity contribution is 7.89. The molecule has 4 rings (SSSR count). The predicted molar refractivity (Wildman–Crippen MR) is 138 cm³/mol. The van der Waals surface area contributed by atoms with Crippen molar-refractivity contribution in [1.82, 2.24) is 14.7 Å². The molecule has 3 aromatic rings. The average molecular weight is 516 g/mol. The molecule has 0 bridgehead atoms. The molecule has 0 saturated heterocycles. The molecule has 11 heteroatoms. The Morgan fingerprint density at radius 1 is 1.11 bits per heavy atom. The van der Waals surface area contributed by atoms with Gasteiger partial charge in [-0.25, -0.2) is 22.9 Å². The molecular weight excluding hydrogens is 482 g/mol. The van der Waals surface area contributed by atoms with E-state index in [0.29, 0.717) is 18.4 Å². The van der Waals surface area contributed by atoms with Crippen molar-refractivity contribution in [2.45, 2.75) is 37.7 Å². The summed E-state index contributed by atoms with van der Waals surface area (Å²) in [7, 11) is 1.33. The normalized spacial score (nSPS) is 18.2. The molecule has 194 valence electrons. The summed E-state index contributed by atoms with van der Waals surface area (Å²) in [6.45, 7) is 2.63. The van der Waals surface area contributed by atoms with E-state index in [1.807, 2.05) is 43.3 Å². The van der Waals surface area contributed by atoms with E-state index >= 15 is 0 Å². The lowest BCUT2D eigenvalue weighted by atomic mass is 9.82. The summed E-state index contributed by atoms with van der Waals surface area (Å²) in [5.41, 5.74) is 1.01. The van der Waals surface area contributed by atoms with Crippen LogP contribution in [0.2, 0.25) is 0 Å². The lowest BCUT2D eigenvalue weighted by Gasteiger charge is -2.28. The highest BCUT2D eigenvalue weighted by atomic mass is 32.2. The molecule has 1 aromatic carbocycles.